The van der Waals surface area contributed by atoms with Gasteiger partial charge in [-0.05, 0) is 30.2 Å². The molecular weight excluding hydrogens is 238 g/mol. The summed E-state index contributed by atoms with van der Waals surface area (Å²) in [6, 6.07) is 14.0. The number of benzene rings is 2. The molecular formula is C16H19NO2. The van der Waals surface area contributed by atoms with Crippen LogP contribution in [0, 0.1) is 5.92 Å². The smallest absolute Gasteiger partial charge is 0.137 e. The van der Waals surface area contributed by atoms with Gasteiger partial charge in [0.1, 0.15) is 11.9 Å². The van der Waals surface area contributed by atoms with Crippen LogP contribution in [0.2, 0.25) is 0 Å². The van der Waals surface area contributed by atoms with E-state index in [4.69, 9.17) is 10.5 Å². The summed E-state index contributed by atoms with van der Waals surface area (Å²) in [7, 11) is 0. The SMILES string of the molecule is NC(C1CC1)C(CO)Oc1cccc2ccccc12. The van der Waals surface area contributed by atoms with Crippen LogP contribution >= 0.6 is 0 Å². The molecule has 1 aliphatic carbocycles. The van der Waals surface area contributed by atoms with E-state index < -0.39 is 0 Å². The number of ether oxygens (including phenoxy) is 1. The lowest BCUT2D eigenvalue weighted by Gasteiger charge is -2.24. The van der Waals surface area contributed by atoms with E-state index in [0.717, 1.165) is 29.4 Å². The minimum Gasteiger partial charge on any atom is -0.486 e. The number of hydrogen-bond donors (Lipinski definition) is 2. The standard InChI is InChI=1S/C16H19NO2/c17-16(12-8-9-12)15(10-18)19-14-7-3-5-11-4-1-2-6-13(11)14/h1-7,12,15-16,18H,8-10,17H2. The van der Waals surface area contributed by atoms with Crippen molar-refractivity contribution in [3.8, 4) is 5.75 Å². The number of aliphatic hydroxyl groups excluding tert-OH is 1. The van der Waals surface area contributed by atoms with Gasteiger partial charge in [0, 0.05) is 11.4 Å². The molecule has 3 heteroatoms. The van der Waals surface area contributed by atoms with Gasteiger partial charge in [0.25, 0.3) is 0 Å². The Hall–Kier alpha value is -1.58. The molecule has 3 rings (SSSR count). The van der Waals surface area contributed by atoms with Crippen LogP contribution in [0.1, 0.15) is 12.8 Å². The van der Waals surface area contributed by atoms with Gasteiger partial charge in [0.15, 0.2) is 0 Å². The molecule has 1 fully saturated rings. The van der Waals surface area contributed by atoms with Crippen LogP contribution in [0.25, 0.3) is 10.8 Å². The highest BCUT2D eigenvalue weighted by atomic mass is 16.5. The second-order valence-electron chi connectivity index (χ2n) is 5.23. The summed E-state index contributed by atoms with van der Waals surface area (Å²) in [6.45, 7) is -0.0408. The first-order chi connectivity index (χ1) is 9.29. The first kappa shape index (κ1) is 12.5. The van der Waals surface area contributed by atoms with E-state index in [1.807, 2.05) is 30.3 Å². The number of aliphatic hydroxyl groups is 1. The topological polar surface area (TPSA) is 55.5 Å². The van der Waals surface area contributed by atoms with Gasteiger partial charge in [0.05, 0.1) is 6.61 Å². The van der Waals surface area contributed by atoms with Crippen molar-refractivity contribution in [2.45, 2.75) is 25.0 Å². The highest BCUT2D eigenvalue weighted by Gasteiger charge is 2.35. The van der Waals surface area contributed by atoms with Gasteiger partial charge in [-0.25, -0.2) is 0 Å². The molecule has 0 amide bonds. The summed E-state index contributed by atoms with van der Waals surface area (Å²) in [4.78, 5) is 0. The van der Waals surface area contributed by atoms with Gasteiger partial charge in [0.2, 0.25) is 0 Å². The second kappa shape index (κ2) is 5.19. The maximum Gasteiger partial charge on any atom is 0.137 e. The molecule has 0 aromatic heterocycles. The summed E-state index contributed by atoms with van der Waals surface area (Å²) in [5.74, 6) is 1.31. The molecule has 100 valence electrons. The van der Waals surface area contributed by atoms with Gasteiger partial charge < -0.3 is 15.6 Å². The third kappa shape index (κ3) is 2.57. The third-order valence-corrected chi connectivity index (χ3v) is 3.80. The van der Waals surface area contributed by atoms with Crippen LogP contribution in [-0.2, 0) is 0 Å². The Morgan fingerprint density at radius 3 is 2.63 bits per heavy atom. The second-order valence-corrected chi connectivity index (χ2v) is 5.23. The first-order valence-electron chi connectivity index (χ1n) is 6.80. The summed E-state index contributed by atoms with van der Waals surface area (Å²) in [6.07, 6.45) is 1.98. The normalized spacial score (nSPS) is 18.2. The average molecular weight is 257 g/mol. The van der Waals surface area contributed by atoms with Crippen molar-refractivity contribution in [1.82, 2.24) is 0 Å². The fraction of sp³-hybridized carbons (Fsp3) is 0.375. The number of nitrogens with two attached hydrogens (primary N) is 1. The van der Waals surface area contributed by atoms with E-state index in [1.54, 1.807) is 0 Å². The molecule has 19 heavy (non-hydrogen) atoms. The van der Waals surface area contributed by atoms with Gasteiger partial charge >= 0.3 is 0 Å². The van der Waals surface area contributed by atoms with E-state index in [9.17, 15) is 5.11 Å². The lowest BCUT2D eigenvalue weighted by Crippen LogP contribution is -2.43. The summed E-state index contributed by atoms with van der Waals surface area (Å²) in [5, 5.41) is 11.7. The van der Waals surface area contributed by atoms with Gasteiger partial charge in [-0.1, -0.05) is 36.4 Å². The van der Waals surface area contributed by atoms with Crippen LogP contribution < -0.4 is 10.5 Å². The fourth-order valence-electron chi connectivity index (χ4n) is 2.48. The van der Waals surface area contributed by atoms with Gasteiger partial charge in [-0.3, -0.25) is 0 Å². The monoisotopic (exact) mass is 257 g/mol. The van der Waals surface area contributed by atoms with Crippen LogP contribution in [-0.4, -0.2) is 23.9 Å². The van der Waals surface area contributed by atoms with Gasteiger partial charge in [-0.15, -0.1) is 0 Å². The van der Waals surface area contributed by atoms with E-state index in [1.165, 1.54) is 0 Å². The number of fused-ring (bicyclic) bond motifs is 1. The Balaban J connectivity index is 1.87. The largest absolute Gasteiger partial charge is 0.486 e. The Morgan fingerprint density at radius 1 is 1.16 bits per heavy atom. The summed E-state index contributed by atoms with van der Waals surface area (Å²) < 4.78 is 5.96. The summed E-state index contributed by atoms with van der Waals surface area (Å²) in [5.41, 5.74) is 6.14. The van der Waals surface area contributed by atoms with E-state index >= 15 is 0 Å². The van der Waals surface area contributed by atoms with Gasteiger partial charge in [-0.2, -0.15) is 0 Å². The molecule has 0 aliphatic heterocycles. The van der Waals surface area contributed by atoms with Crippen LogP contribution in [0.4, 0.5) is 0 Å². The number of rotatable bonds is 5. The zero-order chi connectivity index (χ0) is 13.2. The fourth-order valence-corrected chi connectivity index (χ4v) is 2.48. The molecule has 0 spiro atoms. The maximum absolute atomic E-state index is 9.50. The zero-order valence-electron chi connectivity index (χ0n) is 10.8. The highest BCUT2D eigenvalue weighted by molar-refractivity contribution is 5.88. The Morgan fingerprint density at radius 2 is 1.89 bits per heavy atom. The van der Waals surface area contributed by atoms with E-state index in [2.05, 4.69) is 12.1 Å². The van der Waals surface area contributed by atoms with Crippen molar-refractivity contribution in [2.24, 2.45) is 11.7 Å². The molecule has 0 radical (unpaired) electrons. The summed E-state index contributed by atoms with van der Waals surface area (Å²) >= 11 is 0. The Kier molecular flexibility index (Phi) is 3.40. The predicted molar refractivity (Wildman–Crippen MR) is 76.1 cm³/mol. The Labute approximate surface area is 113 Å². The van der Waals surface area contributed by atoms with E-state index in [0.29, 0.717) is 5.92 Å². The maximum atomic E-state index is 9.50. The zero-order valence-corrected chi connectivity index (χ0v) is 10.8. The molecule has 3 N–H and O–H groups in total. The van der Waals surface area contributed by atoms with Crippen LogP contribution in [0.3, 0.4) is 0 Å². The third-order valence-electron chi connectivity index (χ3n) is 3.80. The molecule has 0 saturated heterocycles. The van der Waals surface area contributed by atoms with Crippen molar-refractivity contribution in [3.05, 3.63) is 42.5 Å². The number of hydrogen-bond acceptors (Lipinski definition) is 3. The van der Waals surface area contributed by atoms with Crippen molar-refractivity contribution in [2.75, 3.05) is 6.61 Å². The van der Waals surface area contributed by atoms with Crippen molar-refractivity contribution in [1.29, 1.82) is 0 Å². The molecule has 2 unspecified atom stereocenters. The molecule has 0 bridgehead atoms. The minimum atomic E-state index is -0.321. The molecule has 1 aliphatic rings. The highest BCUT2D eigenvalue weighted by Crippen LogP contribution is 2.34. The van der Waals surface area contributed by atoms with Crippen molar-refractivity contribution in [3.63, 3.8) is 0 Å². The van der Waals surface area contributed by atoms with E-state index in [-0.39, 0.29) is 18.8 Å². The van der Waals surface area contributed by atoms with Crippen LogP contribution in [0.5, 0.6) is 5.75 Å². The van der Waals surface area contributed by atoms with Crippen LogP contribution in [0.15, 0.2) is 42.5 Å². The van der Waals surface area contributed by atoms with Crippen molar-refractivity contribution < 1.29 is 9.84 Å². The van der Waals surface area contributed by atoms with Crippen molar-refractivity contribution >= 4 is 10.8 Å². The lowest BCUT2D eigenvalue weighted by molar-refractivity contribution is 0.0896. The average Bonchev–Trinajstić information content (AvgIpc) is 3.28. The Bertz CT molecular complexity index is 560. The molecule has 2 aromatic rings. The quantitative estimate of drug-likeness (QED) is 0.864. The molecule has 2 atom stereocenters. The molecule has 2 aromatic carbocycles. The molecule has 0 heterocycles. The first-order valence-corrected chi connectivity index (χ1v) is 6.80. The molecule has 1 saturated carbocycles. The molecule has 3 nitrogen and oxygen atoms in total. The lowest BCUT2D eigenvalue weighted by atomic mass is 10.1. The minimum absolute atomic E-state index is 0.0408. The predicted octanol–water partition coefficient (Wildman–Crippen LogP) is 2.32.